The largest absolute Gasteiger partial charge is 0.395 e. The van der Waals surface area contributed by atoms with Crippen LogP contribution in [0.25, 0.3) is 16.6 Å². The summed E-state index contributed by atoms with van der Waals surface area (Å²) in [6.45, 7) is 5.21. The van der Waals surface area contributed by atoms with Gasteiger partial charge in [-0.15, -0.1) is 0 Å². The number of nitrogens with zero attached hydrogens (tertiary/aromatic N) is 3. The van der Waals surface area contributed by atoms with Gasteiger partial charge in [0.25, 0.3) is 11.5 Å². The summed E-state index contributed by atoms with van der Waals surface area (Å²) in [5, 5.41) is 13.4. The Labute approximate surface area is 256 Å². The molecule has 3 heterocycles. The van der Waals surface area contributed by atoms with Gasteiger partial charge in [0.1, 0.15) is 0 Å². The van der Waals surface area contributed by atoms with E-state index in [1.54, 1.807) is 55.4 Å². The highest BCUT2D eigenvalue weighted by Crippen LogP contribution is 2.60. The van der Waals surface area contributed by atoms with Gasteiger partial charge >= 0.3 is 0 Å². The topological polar surface area (TPSA) is 108 Å². The second-order valence-electron chi connectivity index (χ2n) is 12.4. The summed E-state index contributed by atoms with van der Waals surface area (Å²) in [5.41, 5.74) is 0.856. The monoisotopic (exact) mass is 616 g/mol. The van der Waals surface area contributed by atoms with E-state index in [1.165, 1.54) is 9.58 Å². The van der Waals surface area contributed by atoms with Gasteiger partial charge in [0.15, 0.2) is 5.60 Å². The van der Waals surface area contributed by atoms with Crippen LogP contribution in [-0.4, -0.2) is 66.3 Å². The molecule has 2 amide bonds. The van der Waals surface area contributed by atoms with Gasteiger partial charge in [-0.25, -0.2) is 4.68 Å². The van der Waals surface area contributed by atoms with Crippen molar-refractivity contribution in [1.29, 1.82) is 0 Å². The number of aliphatic hydroxyl groups excluding tert-OH is 1. The standard InChI is InChI=1S/C33H37FN4O5Si/c1-21-30(44(3,4)34)28(19-29(40)37(16-17-39)20-22-10-6-5-7-11-22)43-33(21)25-18-23(14-15-27(25)36(2)32(33)42)38-31(41)24-12-8-9-13-26(24)35-38/h5-15,18,21,28,30,35,39H,16-17,19-20H2,1-4H3/t21-,28+,30-,33+/m1/s1. The minimum Gasteiger partial charge on any atom is -0.395 e. The van der Waals surface area contributed by atoms with Crippen LogP contribution in [0.15, 0.2) is 77.6 Å². The Morgan fingerprint density at radius 1 is 1.09 bits per heavy atom. The third-order valence-electron chi connectivity index (χ3n) is 9.24. The molecule has 1 fully saturated rings. The highest BCUT2D eigenvalue weighted by atomic mass is 28.4. The van der Waals surface area contributed by atoms with Gasteiger partial charge in [-0.3, -0.25) is 19.5 Å². The van der Waals surface area contributed by atoms with E-state index >= 15 is 4.11 Å². The molecule has 2 aliphatic heterocycles. The molecule has 1 spiro atoms. The Balaban J connectivity index is 1.39. The maximum absolute atomic E-state index is 16.2. The molecule has 3 aromatic carbocycles. The van der Waals surface area contributed by atoms with Crippen molar-refractivity contribution >= 4 is 36.8 Å². The molecule has 9 nitrogen and oxygen atoms in total. The number of H-pyrrole nitrogens is 1. The molecular weight excluding hydrogens is 579 g/mol. The molecule has 0 unspecified atom stereocenters. The van der Waals surface area contributed by atoms with Crippen LogP contribution in [0.4, 0.5) is 9.80 Å². The Hall–Kier alpha value is -4.06. The number of carbonyl (C=O) groups excluding carboxylic acids is 2. The summed E-state index contributed by atoms with van der Waals surface area (Å²) in [5.74, 6) is -1.19. The SMILES string of the molecule is C[C@@H]1[C@@H]([Si](C)(C)F)[C@H](CC(=O)N(CCO)Cc2ccccc2)O[C@@]12C(=O)N(C)c1ccc(-n3[nH]c4ccccc4c3=O)cc12. The van der Waals surface area contributed by atoms with E-state index in [9.17, 15) is 19.5 Å². The minimum atomic E-state index is -3.50. The van der Waals surface area contributed by atoms with Gasteiger partial charge < -0.3 is 23.8 Å². The highest BCUT2D eigenvalue weighted by molar-refractivity contribution is 6.72. The lowest BCUT2D eigenvalue weighted by Crippen LogP contribution is -2.44. The number of anilines is 1. The molecule has 4 aromatic rings. The molecule has 0 aliphatic carbocycles. The van der Waals surface area contributed by atoms with E-state index in [2.05, 4.69) is 5.10 Å². The first kappa shape index (κ1) is 30.0. The Morgan fingerprint density at radius 2 is 1.80 bits per heavy atom. The molecule has 230 valence electrons. The first-order valence-corrected chi connectivity index (χ1v) is 17.8. The van der Waals surface area contributed by atoms with E-state index in [1.807, 2.05) is 49.4 Å². The molecular formula is C33H37FN4O5Si. The van der Waals surface area contributed by atoms with Gasteiger partial charge in [0.05, 0.1) is 41.4 Å². The van der Waals surface area contributed by atoms with Crippen molar-refractivity contribution in [2.75, 3.05) is 25.1 Å². The predicted octanol–water partition coefficient (Wildman–Crippen LogP) is 4.48. The number of aromatic amines is 1. The zero-order chi connectivity index (χ0) is 31.4. The van der Waals surface area contributed by atoms with Crippen molar-refractivity contribution in [1.82, 2.24) is 14.7 Å². The summed E-state index contributed by atoms with van der Waals surface area (Å²) in [4.78, 5) is 44.2. The number of nitrogens with one attached hydrogen (secondary N) is 1. The van der Waals surface area contributed by atoms with Crippen molar-refractivity contribution in [2.24, 2.45) is 5.92 Å². The summed E-state index contributed by atoms with van der Waals surface area (Å²) < 4.78 is 24.3. The lowest BCUT2D eigenvalue weighted by molar-refractivity contribution is -0.149. The first-order valence-electron chi connectivity index (χ1n) is 14.9. The minimum absolute atomic E-state index is 0.120. The number of hydrogen-bond acceptors (Lipinski definition) is 5. The maximum atomic E-state index is 16.2. The lowest BCUT2D eigenvalue weighted by atomic mass is 9.82. The average molecular weight is 617 g/mol. The number of benzene rings is 3. The van der Waals surface area contributed by atoms with E-state index in [-0.39, 0.29) is 36.9 Å². The third-order valence-corrected chi connectivity index (χ3v) is 11.7. The number of aromatic nitrogens is 2. The van der Waals surface area contributed by atoms with Crippen LogP contribution in [0.3, 0.4) is 0 Å². The van der Waals surface area contributed by atoms with E-state index < -0.39 is 31.6 Å². The number of halogens is 1. The van der Waals surface area contributed by atoms with Gasteiger partial charge in [0.2, 0.25) is 14.3 Å². The average Bonchev–Trinajstić information content (AvgIpc) is 3.57. The summed E-state index contributed by atoms with van der Waals surface area (Å²) in [7, 11) is -1.84. The first-order chi connectivity index (χ1) is 21.0. The Kier molecular flexibility index (Phi) is 7.59. The Morgan fingerprint density at radius 3 is 2.48 bits per heavy atom. The van der Waals surface area contributed by atoms with Crippen molar-refractivity contribution < 1.29 is 23.5 Å². The van der Waals surface area contributed by atoms with Crippen LogP contribution in [0.5, 0.6) is 0 Å². The molecule has 11 heteroatoms. The van der Waals surface area contributed by atoms with Crippen LogP contribution in [-0.2, 0) is 26.5 Å². The number of ether oxygens (including phenoxy) is 1. The van der Waals surface area contributed by atoms with Crippen LogP contribution in [0.2, 0.25) is 18.6 Å². The second kappa shape index (κ2) is 11.1. The zero-order valence-corrected chi connectivity index (χ0v) is 26.3. The van der Waals surface area contributed by atoms with Crippen molar-refractivity contribution in [2.45, 2.75) is 50.2 Å². The predicted molar refractivity (Wildman–Crippen MR) is 169 cm³/mol. The molecule has 0 radical (unpaired) electrons. The number of para-hydroxylation sites is 1. The fourth-order valence-corrected chi connectivity index (χ4v) is 9.73. The summed E-state index contributed by atoms with van der Waals surface area (Å²) >= 11 is 0. The number of fused-ring (bicyclic) bond motifs is 3. The number of likely N-dealkylation sites (N-methyl/N-ethyl adjacent to an activating group) is 1. The van der Waals surface area contributed by atoms with Crippen molar-refractivity contribution in [3.63, 3.8) is 0 Å². The fourth-order valence-electron chi connectivity index (χ4n) is 7.24. The zero-order valence-electron chi connectivity index (χ0n) is 25.3. The molecule has 0 bridgehead atoms. The van der Waals surface area contributed by atoms with Crippen LogP contribution in [0.1, 0.15) is 24.5 Å². The van der Waals surface area contributed by atoms with Gasteiger partial charge in [-0.2, -0.15) is 0 Å². The summed E-state index contributed by atoms with van der Waals surface area (Å²) in [6, 6.07) is 22.0. The molecule has 2 aliphatic rings. The number of hydrogen-bond donors (Lipinski definition) is 2. The molecule has 44 heavy (non-hydrogen) atoms. The molecule has 4 atom stereocenters. The van der Waals surface area contributed by atoms with Crippen LogP contribution >= 0.6 is 0 Å². The Bertz CT molecular complexity index is 1780. The summed E-state index contributed by atoms with van der Waals surface area (Å²) in [6.07, 6.45) is -0.985. The molecule has 2 N–H and O–H groups in total. The third kappa shape index (κ3) is 4.79. The van der Waals surface area contributed by atoms with Gasteiger partial charge in [0, 0.05) is 37.2 Å². The maximum Gasteiger partial charge on any atom is 0.279 e. The molecule has 1 saturated heterocycles. The number of aliphatic hydroxyl groups is 1. The van der Waals surface area contributed by atoms with E-state index in [0.29, 0.717) is 34.4 Å². The van der Waals surface area contributed by atoms with Gasteiger partial charge in [-0.1, -0.05) is 49.4 Å². The molecule has 6 rings (SSSR count). The number of carbonyl (C=O) groups is 2. The smallest absolute Gasteiger partial charge is 0.279 e. The van der Waals surface area contributed by atoms with Crippen molar-refractivity contribution in [3.8, 4) is 5.69 Å². The fraction of sp³-hybridized carbons (Fsp3) is 0.364. The number of rotatable bonds is 8. The van der Waals surface area contributed by atoms with E-state index in [4.69, 9.17) is 4.74 Å². The normalized spacial score (nSPS) is 23.1. The quantitative estimate of drug-likeness (QED) is 0.224. The molecule has 0 saturated carbocycles. The van der Waals surface area contributed by atoms with E-state index in [0.717, 1.165) is 5.56 Å². The van der Waals surface area contributed by atoms with Crippen molar-refractivity contribution in [3.05, 3.63) is 94.3 Å². The van der Waals surface area contributed by atoms with Crippen LogP contribution < -0.4 is 10.5 Å². The number of amides is 2. The lowest BCUT2D eigenvalue weighted by Gasteiger charge is -2.31. The van der Waals surface area contributed by atoms with Gasteiger partial charge in [-0.05, 0) is 49.0 Å². The molecule has 1 aromatic heterocycles. The van der Waals surface area contributed by atoms with Crippen LogP contribution in [0, 0.1) is 5.92 Å². The highest BCUT2D eigenvalue weighted by Gasteiger charge is 2.66. The second-order valence-corrected chi connectivity index (χ2v) is 16.2.